The smallest absolute Gasteiger partial charge is 0.309 e. The zero-order valence-electron chi connectivity index (χ0n) is 29.6. The molecule has 0 saturated heterocycles. The lowest BCUT2D eigenvalue weighted by Gasteiger charge is -2.28. The summed E-state index contributed by atoms with van der Waals surface area (Å²) in [6, 6.07) is 15.7. The second-order valence-electron chi connectivity index (χ2n) is 12.9. The summed E-state index contributed by atoms with van der Waals surface area (Å²) in [7, 11) is 0. The van der Waals surface area contributed by atoms with Gasteiger partial charge in [0.25, 0.3) is 0 Å². The van der Waals surface area contributed by atoms with Gasteiger partial charge >= 0.3 is 5.97 Å². The maximum absolute atomic E-state index is 13.7. The Bertz CT molecular complexity index is 1210. The zero-order valence-corrected chi connectivity index (χ0v) is 29.6. The molecule has 2 rings (SSSR count). The number of aliphatic hydroxyl groups is 3. The summed E-state index contributed by atoms with van der Waals surface area (Å²) in [6.45, 7) is 3.36. The van der Waals surface area contributed by atoms with Crippen LogP contribution in [0.2, 0.25) is 0 Å². The maximum atomic E-state index is 13.7. The second-order valence-corrected chi connectivity index (χ2v) is 12.9. The van der Waals surface area contributed by atoms with Crippen LogP contribution < -0.4 is 10.6 Å². The van der Waals surface area contributed by atoms with E-state index in [1.807, 2.05) is 18.2 Å². The van der Waals surface area contributed by atoms with Gasteiger partial charge in [0.15, 0.2) is 0 Å². The quantitative estimate of drug-likeness (QED) is 0.0426. The molecule has 0 aliphatic carbocycles. The molecule has 0 aliphatic heterocycles. The van der Waals surface area contributed by atoms with Gasteiger partial charge in [-0.1, -0.05) is 152 Å². The van der Waals surface area contributed by atoms with Gasteiger partial charge in [-0.15, -0.1) is 0 Å². The van der Waals surface area contributed by atoms with Crippen LogP contribution in [0.5, 0.6) is 0 Å². The molecule has 5 N–H and O–H groups in total. The molecule has 272 valence electrons. The monoisotopic (exact) mass is 680 g/mol. The minimum Gasteiger partial charge on any atom is -0.455 e. The molecule has 0 aromatic heterocycles. The molecule has 9 heteroatoms. The predicted octanol–water partition coefficient (Wildman–Crippen LogP) is 6.63. The van der Waals surface area contributed by atoms with Gasteiger partial charge in [-0.05, 0) is 24.0 Å². The first-order valence-electron chi connectivity index (χ1n) is 18.3. The average Bonchev–Trinajstić information content (AvgIpc) is 3.13. The summed E-state index contributed by atoms with van der Waals surface area (Å²) < 4.78 is 6.13. The highest BCUT2D eigenvalue weighted by Crippen LogP contribution is 2.27. The fourth-order valence-electron chi connectivity index (χ4n) is 5.91. The topological polar surface area (TPSA) is 145 Å². The van der Waals surface area contributed by atoms with Gasteiger partial charge in [0.05, 0.1) is 31.2 Å². The number of nitrogens with one attached hydrogen (secondary N) is 2. The largest absolute Gasteiger partial charge is 0.455 e. The third kappa shape index (κ3) is 16.6. The van der Waals surface area contributed by atoms with E-state index in [2.05, 4.69) is 24.5 Å². The van der Waals surface area contributed by atoms with Gasteiger partial charge in [0, 0.05) is 12.2 Å². The first-order valence-corrected chi connectivity index (χ1v) is 18.3. The van der Waals surface area contributed by atoms with E-state index in [1.54, 1.807) is 42.5 Å². The van der Waals surface area contributed by atoms with E-state index < -0.39 is 49.3 Å². The number of hydrogen-bond donors (Lipinski definition) is 5. The Labute approximate surface area is 293 Å². The number of amides is 2. The second kappa shape index (κ2) is 25.4. The molecule has 0 aliphatic rings. The van der Waals surface area contributed by atoms with Crippen LogP contribution in [0.15, 0.2) is 72.8 Å². The zero-order chi connectivity index (χ0) is 35.7. The molecule has 0 fully saturated rings. The highest BCUT2D eigenvalue weighted by Gasteiger charge is 2.31. The average molecular weight is 681 g/mol. The lowest BCUT2D eigenvalue weighted by Crippen LogP contribution is -2.44. The molecule has 2 aromatic carbocycles. The molecule has 2 amide bonds. The standard InChI is InChI=1S/C40H60N2O7/c1-3-5-7-9-10-12-16-26-33(25-15-11-8-6-4-2)40(48)49-39(32-23-19-14-20-24-32)35(30-44)42-37(46)28-27-36(45)41-34(29-43)38(47)31-21-17-13-18-22-31/h13-14,17-24,27-28,33-35,38-39,43-44,47H,3-12,15-16,25-26,29-30H2,1-2H3,(H,41,45)(H,42,46)/b28-27-. The van der Waals surface area contributed by atoms with Gasteiger partial charge in [0.2, 0.25) is 11.8 Å². The molecule has 0 radical (unpaired) electrons. The summed E-state index contributed by atoms with van der Waals surface area (Å²) in [5, 5.41) is 35.9. The highest BCUT2D eigenvalue weighted by atomic mass is 16.5. The summed E-state index contributed by atoms with van der Waals surface area (Å²) in [5.41, 5.74) is 1.16. The van der Waals surface area contributed by atoms with Crippen LogP contribution in [0.1, 0.15) is 127 Å². The lowest BCUT2D eigenvalue weighted by atomic mass is 9.93. The third-order valence-electron chi connectivity index (χ3n) is 8.84. The molecular weight excluding hydrogens is 620 g/mol. The number of esters is 1. The Morgan fingerprint density at radius 3 is 1.53 bits per heavy atom. The maximum Gasteiger partial charge on any atom is 0.309 e. The number of carbonyl (C=O) groups excluding carboxylic acids is 3. The molecular formula is C40H60N2O7. The summed E-state index contributed by atoms with van der Waals surface area (Å²) in [5.74, 6) is -1.97. The van der Waals surface area contributed by atoms with Crippen LogP contribution in [-0.4, -0.2) is 58.4 Å². The van der Waals surface area contributed by atoms with Crippen LogP contribution >= 0.6 is 0 Å². The van der Waals surface area contributed by atoms with Crippen LogP contribution in [0, 0.1) is 5.92 Å². The van der Waals surface area contributed by atoms with Crippen molar-refractivity contribution in [3.05, 3.63) is 83.9 Å². The Morgan fingerprint density at radius 2 is 1.06 bits per heavy atom. The fourth-order valence-corrected chi connectivity index (χ4v) is 5.91. The minimum atomic E-state index is -1.15. The van der Waals surface area contributed by atoms with Crippen molar-refractivity contribution in [3.63, 3.8) is 0 Å². The number of carbonyl (C=O) groups is 3. The van der Waals surface area contributed by atoms with E-state index in [0.29, 0.717) is 11.1 Å². The third-order valence-corrected chi connectivity index (χ3v) is 8.84. The first kappa shape index (κ1) is 41.6. The number of rotatable bonds is 26. The van der Waals surface area contributed by atoms with Crippen molar-refractivity contribution in [1.82, 2.24) is 10.6 Å². The Kier molecular flexibility index (Phi) is 21.6. The van der Waals surface area contributed by atoms with E-state index >= 15 is 0 Å². The molecule has 9 nitrogen and oxygen atoms in total. The molecule has 5 unspecified atom stereocenters. The van der Waals surface area contributed by atoms with Crippen LogP contribution in [0.3, 0.4) is 0 Å². The van der Waals surface area contributed by atoms with Crippen molar-refractivity contribution < 1.29 is 34.4 Å². The SMILES string of the molecule is CCCCCCCCCC(CCCCCCC)C(=O)OC(c1ccccc1)C(CO)NC(=O)/C=C\C(=O)NC(CO)C(O)c1ccccc1. The van der Waals surface area contributed by atoms with Crippen molar-refractivity contribution >= 4 is 17.8 Å². The Hall–Kier alpha value is -3.53. The van der Waals surface area contributed by atoms with Crippen molar-refractivity contribution in [1.29, 1.82) is 0 Å². The molecule has 0 spiro atoms. The summed E-state index contributed by atoms with van der Waals surface area (Å²) in [4.78, 5) is 39.3. The predicted molar refractivity (Wildman–Crippen MR) is 193 cm³/mol. The van der Waals surface area contributed by atoms with Crippen LogP contribution in [0.25, 0.3) is 0 Å². The van der Waals surface area contributed by atoms with Gasteiger partial charge in [-0.25, -0.2) is 0 Å². The number of aliphatic hydroxyl groups excluding tert-OH is 3. The van der Waals surface area contributed by atoms with Crippen molar-refractivity contribution in [2.24, 2.45) is 5.92 Å². The number of unbranched alkanes of at least 4 members (excludes halogenated alkanes) is 10. The van der Waals surface area contributed by atoms with E-state index in [9.17, 15) is 29.7 Å². The van der Waals surface area contributed by atoms with Crippen molar-refractivity contribution in [2.45, 2.75) is 128 Å². The Balaban J connectivity index is 2.09. The van der Waals surface area contributed by atoms with Gasteiger partial charge < -0.3 is 30.7 Å². The van der Waals surface area contributed by atoms with Crippen LogP contribution in [-0.2, 0) is 19.1 Å². The first-order chi connectivity index (χ1) is 23.8. The van der Waals surface area contributed by atoms with Gasteiger partial charge in [0.1, 0.15) is 12.2 Å². The van der Waals surface area contributed by atoms with Gasteiger partial charge in [-0.3, -0.25) is 14.4 Å². The van der Waals surface area contributed by atoms with E-state index in [-0.39, 0.29) is 11.9 Å². The normalized spacial score (nSPS) is 14.5. The minimum absolute atomic E-state index is 0.271. The van der Waals surface area contributed by atoms with Crippen molar-refractivity contribution in [3.8, 4) is 0 Å². The van der Waals surface area contributed by atoms with Crippen molar-refractivity contribution in [2.75, 3.05) is 13.2 Å². The molecule has 5 atom stereocenters. The number of benzene rings is 2. The van der Waals surface area contributed by atoms with Crippen LogP contribution in [0.4, 0.5) is 0 Å². The number of ether oxygens (including phenoxy) is 1. The molecule has 0 heterocycles. The number of hydrogen-bond acceptors (Lipinski definition) is 7. The lowest BCUT2D eigenvalue weighted by molar-refractivity contribution is -0.158. The van der Waals surface area contributed by atoms with Gasteiger partial charge in [-0.2, -0.15) is 0 Å². The molecule has 49 heavy (non-hydrogen) atoms. The highest BCUT2D eigenvalue weighted by molar-refractivity contribution is 5.97. The Morgan fingerprint density at radius 1 is 0.633 bits per heavy atom. The summed E-state index contributed by atoms with van der Waals surface area (Å²) in [6.07, 6.45) is 14.9. The van der Waals surface area contributed by atoms with E-state index in [1.165, 1.54) is 32.1 Å². The van der Waals surface area contributed by atoms with E-state index in [4.69, 9.17) is 4.74 Å². The summed E-state index contributed by atoms with van der Waals surface area (Å²) >= 11 is 0. The molecule has 0 bridgehead atoms. The molecule has 2 aromatic rings. The fraction of sp³-hybridized carbons (Fsp3) is 0.575. The molecule has 0 saturated carbocycles. The van der Waals surface area contributed by atoms with E-state index in [0.717, 1.165) is 69.9 Å².